The van der Waals surface area contributed by atoms with E-state index in [1.54, 1.807) is 4.90 Å². The number of aromatic nitrogens is 1. The highest BCUT2D eigenvalue weighted by molar-refractivity contribution is 6.39. The van der Waals surface area contributed by atoms with Crippen molar-refractivity contribution in [1.82, 2.24) is 4.57 Å². The molecule has 9 heteroatoms. The molecular formula is C26H17Cl4N3O2. The topological polar surface area (TPSA) is 54.3 Å². The average molecular weight is 545 g/mol. The maximum Gasteiger partial charge on any atom is 0.259 e. The summed E-state index contributed by atoms with van der Waals surface area (Å²) < 4.78 is 2.08. The molecule has 35 heavy (non-hydrogen) atoms. The molecule has 1 aromatic heterocycles. The largest absolute Gasteiger partial charge is 0.321 e. The number of rotatable bonds is 3. The van der Waals surface area contributed by atoms with Crippen LogP contribution in [0.2, 0.25) is 20.1 Å². The number of fused-ring (bicyclic) bond motifs is 3. The Morgan fingerprint density at radius 3 is 2.26 bits per heavy atom. The van der Waals surface area contributed by atoms with Crippen LogP contribution < -0.4 is 10.2 Å². The van der Waals surface area contributed by atoms with Crippen molar-refractivity contribution >= 4 is 69.6 Å². The lowest BCUT2D eigenvalue weighted by Gasteiger charge is -2.24. The van der Waals surface area contributed by atoms with Crippen molar-refractivity contribution in [2.45, 2.75) is 6.42 Å². The number of nitrogens with one attached hydrogen (secondary N) is 1. The van der Waals surface area contributed by atoms with Gasteiger partial charge in [0.25, 0.3) is 11.8 Å². The zero-order chi connectivity index (χ0) is 24.7. The highest BCUT2D eigenvalue weighted by atomic mass is 35.5. The molecule has 5 nitrogen and oxygen atoms in total. The van der Waals surface area contributed by atoms with Gasteiger partial charge in [0, 0.05) is 40.5 Å². The highest BCUT2D eigenvalue weighted by Gasteiger charge is 2.27. The molecule has 0 unspecified atom stereocenters. The molecule has 0 atom stereocenters. The maximum atomic E-state index is 13.6. The van der Waals surface area contributed by atoms with Crippen LogP contribution in [-0.2, 0) is 6.42 Å². The lowest BCUT2D eigenvalue weighted by molar-refractivity contribution is 0.0986. The summed E-state index contributed by atoms with van der Waals surface area (Å²) in [4.78, 5) is 28.0. The van der Waals surface area contributed by atoms with Gasteiger partial charge in [-0.05, 0) is 54.6 Å². The van der Waals surface area contributed by atoms with Crippen molar-refractivity contribution in [1.29, 1.82) is 0 Å². The van der Waals surface area contributed by atoms with Gasteiger partial charge in [-0.25, -0.2) is 0 Å². The van der Waals surface area contributed by atoms with Gasteiger partial charge in [0.1, 0.15) is 0 Å². The van der Waals surface area contributed by atoms with Gasteiger partial charge in [-0.2, -0.15) is 0 Å². The van der Waals surface area contributed by atoms with Crippen LogP contribution in [0.1, 0.15) is 26.4 Å². The van der Waals surface area contributed by atoms with Crippen molar-refractivity contribution in [2.75, 3.05) is 16.8 Å². The Balaban J connectivity index is 1.45. The molecule has 1 aliphatic rings. The summed E-state index contributed by atoms with van der Waals surface area (Å²) in [6, 6.07) is 19.2. The van der Waals surface area contributed by atoms with Crippen molar-refractivity contribution in [2.24, 2.45) is 0 Å². The Hall–Kier alpha value is -2.96. The lowest BCUT2D eigenvalue weighted by Crippen LogP contribution is -2.32. The highest BCUT2D eigenvalue weighted by Crippen LogP contribution is 2.35. The minimum absolute atomic E-state index is 0.167. The van der Waals surface area contributed by atoms with Gasteiger partial charge < -0.3 is 14.8 Å². The van der Waals surface area contributed by atoms with Gasteiger partial charge in [-0.1, -0.05) is 58.5 Å². The summed E-state index contributed by atoms with van der Waals surface area (Å²) >= 11 is 25.0. The second-order valence-corrected chi connectivity index (χ2v) is 9.68. The Kier molecular flexibility index (Phi) is 6.51. The molecule has 2 amide bonds. The number of benzene rings is 3. The molecule has 176 valence electrons. The normalized spacial score (nSPS) is 12.5. The van der Waals surface area contributed by atoms with Gasteiger partial charge in [-0.15, -0.1) is 0 Å². The molecule has 0 saturated heterocycles. The van der Waals surface area contributed by atoms with Crippen LogP contribution in [0.15, 0.2) is 72.9 Å². The van der Waals surface area contributed by atoms with Crippen LogP contribution >= 0.6 is 46.4 Å². The number of hydrogen-bond acceptors (Lipinski definition) is 2. The minimum atomic E-state index is -0.463. The fourth-order valence-corrected chi connectivity index (χ4v) is 5.12. The van der Waals surface area contributed by atoms with E-state index in [2.05, 4.69) is 9.88 Å². The van der Waals surface area contributed by atoms with Crippen LogP contribution in [0.3, 0.4) is 0 Å². The number of carbonyl (C=O) groups excluding carboxylic acids is 2. The molecule has 0 radical (unpaired) electrons. The molecule has 0 fully saturated rings. The molecule has 3 aromatic carbocycles. The first-order valence-corrected chi connectivity index (χ1v) is 12.2. The SMILES string of the molecule is O=C(Nc1cc(Cl)c(C(=O)N2CCc3cccn3-c3ccccc32)cc1Cl)c1cc(Cl)cc(Cl)c1. The lowest BCUT2D eigenvalue weighted by atomic mass is 10.1. The van der Waals surface area contributed by atoms with E-state index in [0.29, 0.717) is 23.0 Å². The van der Waals surface area contributed by atoms with Gasteiger partial charge in [-0.3, -0.25) is 9.59 Å². The zero-order valence-corrected chi connectivity index (χ0v) is 21.1. The van der Waals surface area contributed by atoms with E-state index in [4.69, 9.17) is 46.4 Å². The smallest absolute Gasteiger partial charge is 0.259 e. The summed E-state index contributed by atoms with van der Waals surface area (Å²) in [5.41, 5.74) is 3.55. The third-order valence-corrected chi connectivity index (χ3v) is 6.82. The molecule has 4 aromatic rings. The fourth-order valence-electron chi connectivity index (χ4n) is 4.14. The Morgan fingerprint density at radius 1 is 0.800 bits per heavy atom. The standard InChI is InChI=1S/C26H17Cl4N3O2/c27-16-10-15(11-17(28)12-16)25(34)31-22-14-20(29)19(13-21(22)30)26(35)33-9-7-18-4-3-8-32(18)23-5-1-2-6-24(23)33/h1-6,8,10-14H,7,9H2,(H,31,34). The molecule has 0 spiro atoms. The van der Waals surface area contributed by atoms with Gasteiger partial charge >= 0.3 is 0 Å². The third-order valence-electron chi connectivity index (χ3n) is 5.76. The fraction of sp³-hybridized carbons (Fsp3) is 0.0769. The van der Waals surface area contributed by atoms with Crippen LogP contribution in [0, 0.1) is 0 Å². The summed E-state index contributed by atoms with van der Waals surface area (Å²) in [7, 11) is 0. The number of anilines is 2. The number of halogens is 4. The second-order valence-electron chi connectivity index (χ2n) is 7.99. The van der Waals surface area contributed by atoms with Crippen molar-refractivity contribution in [3.63, 3.8) is 0 Å². The molecule has 0 bridgehead atoms. The van der Waals surface area contributed by atoms with Crippen molar-refractivity contribution in [3.8, 4) is 5.69 Å². The molecule has 2 heterocycles. The number of hydrogen-bond donors (Lipinski definition) is 1. The molecule has 0 saturated carbocycles. The summed E-state index contributed by atoms with van der Waals surface area (Å²) in [6.07, 6.45) is 2.66. The van der Waals surface area contributed by atoms with Gasteiger partial charge in [0.15, 0.2) is 0 Å². The van der Waals surface area contributed by atoms with E-state index in [-0.39, 0.29) is 32.8 Å². The average Bonchev–Trinajstić information content (AvgIpc) is 3.23. The quantitative estimate of drug-likeness (QED) is 0.289. The second kappa shape index (κ2) is 9.59. The first-order chi connectivity index (χ1) is 16.8. The number of para-hydroxylation sites is 2. The van der Waals surface area contributed by atoms with Gasteiger partial charge in [0.2, 0.25) is 0 Å². The van der Waals surface area contributed by atoms with Crippen LogP contribution in [0.4, 0.5) is 11.4 Å². The summed E-state index contributed by atoms with van der Waals surface area (Å²) in [5, 5.41) is 3.70. The number of carbonyl (C=O) groups is 2. The maximum absolute atomic E-state index is 13.6. The number of nitrogens with zero attached hydrogens (tertiary/aromatic N) is 2. The Bertz CT molecular complexity index is 1460. The zero-order valence-electron chi connectivity index (χ0n) is 18.1. The van der Waals surface area contributed by atoms with E-state index in [1.807, 2.05) is 42.6 Å². The third kappa shape index (κ3) is 4.65. The van der Waals surface area contributed by atoms with Crippen molar-refractivity contribution in [3.05, 3.63) is 110 Å². The van der Waals surface area contributed by atoms with Crippen LogP contribution in [0.5, 0.6) is 0 Å². The molecular weight excluding hydrogens is 528 g/mol. The van der Waals surface area contributed by atoms with Gasteiger partial charge in [0.05, 0.1) is 32.7 Å². The minimum Gasteiger partial charge on any atom is -0.321 e. The predicted octanol–water partition coefficient (Wildman–Crippen LogP) is 7.55. The van der Waals surface area contributed by atoms with Crippen LogP contribution in [-0.4, -0.2) is 22.9 Å². The van der Waals surface area contributed by atoms with Crippen LogP contribution in [0.25, 0.3) is 5.69 Å². The Labute approximate surface area is 221 Å². The van der Waals surface area contributed by atoms with E-state index < -0.39 is 5.91 Å². The summed E-state index contributed by atoms with van der Waals surface area (Å²) in [6.45, 7) is 0.474. The van der Waals surface area contributed by atoms with E-state index in [9.17, 15) is 9.59 Å². The van der Waals surface area contributed by atoms with Crippen molar-refractivity contribution < 1.29 is 9.59 Å². The first kappa shape index (κ1) is 23.8. The molecule has 0 aliphatic carbocycles. The first-order valence-electron chi connectivity index (χ1n) is 10.7. The molecule has 1 aliphatic heterocycles. The number of amides is 2. The van der Waals surface area contributed by atoms with E-state index in [0.717, 1.165) is 17.1 Å². The molecule has 5 rings (SSSR count). The van der Waals surface area contributed by atoms with E-state index >= 15 is 0 Å². The predicted molar refractivity (Wildman–Crippen MR) is 142 cm³/mol. The summed E-state index contributed by atoms with van der Waals surface area (Å²) in [5.74, 6) is -0.746. The monoisotopic (exact) mass is 543 g/mol. The Morgan fingerprint density at radius 2 is 1.51 bits per heavy atom. The molecule has 1 N–H and O–H groups in total. The van der Waals surface area contributed by atoms with E-state index in [1.165, 1.54) is 30.3 Å².